The summed E-state index contributed by atoms with van der Waals surface area (Å²) in [7, 11) is 0. The molecule has 0 N–H and O–H groups in total. The van der Waals surface area contributed by atoms with Crippen molar-refractivity contribution in [1.29, 1.82) is 0 Å². The van der Waals surface area contributed by atoms with E-state index in [1.807, 2.05) is 25.7 Å². The van der Waals surface area contributed by atoms with Gasteiger partial charge in [-0.1, -0.05) is 35.3 Å². The highest BCUT2D eigenvalue weighted by atomic mass is 79.9. The maximum absolute atomic E-state index is 12.7. The molecule has 0 aliphatic carbocycles. The van der Waals surface area contributed by atoms with Gasteiger partial charge in [-0.05, 0) is 64.2 Å². The number of hydrogen-bond acceptors (Lipinski definition) is 3. The summed E-state index contributed by atoms with van der Waals surface area (Å²) in [5, 5.41) is 0. The minimum absolute atomic E-state index is 0.224. The Morgan fingerprint density at radius 3 is 2.54 bits per heavy atom. The van der Waals surface area contributed by atoms with Gasteiger partial charge in [0.1, 0.15) is 5.60 Å². The number of anilines is 1. The molecule has 0 spiro atoms. The molecular weight excluding hydrogens is 392 g/mol. The Bertz CT molecular complexity index is 592. The first kappa shape index (κ1) is 21.1. The summed E-state index contributed by atoms with van der Waals surface area (Å²) in [6.45, 7) is 11.4. The lowest BCUT2D eigenvalue weighted by Gasteiger charge is -2.33. The zero-order valence-corrected chi connectivity index (χ0v) is 18.3. The number of rotatable bonds is 6. The molecule has 0 unspecified atom stereocenters. The van der Waals surface area contributed by atoms with Gasteiger partial charge in [-0.3, -0.25) is 0 Å². The van der Waals surface area contributed by atoms with Crippen molar-refractivity contribution in [3.05, 3.63) is 28.2 Å². The molecule has 1 saturated heterocycles. The van der Waals surface area contributed by atoms with Crippen LogP contribution >= 0.6 is 15.9 Å². The van der Waals surface area contributed by atoms with Crippen LogP contribution in [0.5, 0.6) is 0 Å². The quantitative estimate of drug-likeness (QED) is 0.562. The molecule has 1 aliphatic heterocycles. The van der Waals surface area contributed by atoms with Crippen molar-refractivity contribution in [2.24, 2.45) is 0 Å². The Hall–Kier alpha value is -1.23. The van der Waals surface area contributed by atoms with Gasteiger partial charge in [0.15, 0.2) is 0 Å². The maximum atomic E-state index is 12.7. The Morgan fingerprint density at radius 2 is 1.92 bits per heavy atom. The lowest BCUT2D eigenvalue weighted by Crippen LogP contribution is -2.38. The van der Waals surface area contributed by atoms with Crippen LogP contribution in [-0.2, 0) is 11.3 Å². The monoisotopic (exact) mass is 424 g/mol. The van der Waals surface area contributed by atoms with Gasteiger partial charge < -0.3 is 14.5 Å². The normalized spacial score (nSPS) is 15.0. The van der Waals surface area contributed by atoms with Crippen LogP contribution in [0.1, 0.15) is 65.4 Å². The fourth-order valence-corrected chi connectivity index (χ4v) is 3.56. The fraction of sp³-hybridized carbons (Fsp3) is 0.667. The van der Waals surface area contributed by atoms with E-state index in [2.05, 4.69) is 46.0 Å². The number of carbonyl (C=O) groups excluding carboxylic acids is 1. The highest BCUT2D eigenvalue weighted by Gasteiger charge is 2.24. The number of carbonyl (C=O) groups is 1. The third-order valence-electron chi connectivity index (χ3n) is 4.54. The van der Waals surface area contributed by atoms with Gasteiger partial charge in [0.25, 0.3) is 0 Å². The summed E-state index contributed by atoms with van der Waals surface area (Å²) in [5.74, 6) is 0. The molecule has 0 saturated carbocycles. The van der Waals surface area contributed by atoms with Gasteiger partial charge in [0.05, 0.1) is 6.54 Å². The number of piperidine rings is 1. The first-order valence-electron chi connectivity index (χ1n) is 9.81. The van der Waals surface area contributed by atoms with Crippen LogP contribution in [0.4, 0.5) is 10.5 Å². The highest BCUT2D eigenvalue weighted by Crippen LogP contribution is 2.29. The van der Waals surface area contributed by atoms with Crippen molar-refractivity contribution < 1.29 is 9.53 Å². The summed E-state index contributed by atoms with van der Waals surface area (Å²) in [4.78, 5) is 17.0. The molecule has 26 heavy (non-hydrogen) atoms. The van der Waals surface area contributed by atoms with E-state index in [-0.39, 0.29) is 6.09 Å². The number of amides is 1. The lowest BCUT2D eigenvalue weighted by atomic mass is 10.1. The predicted molar refractivity (Wildman–Crippen MR) is 112 cm³/mol. The van der Waals surface area contributed by atoms with Crippen LogP contribution in [0.15, 0.2) is 22.7 Å². The van der Waals surface area contributed by atoms with Gasteiger partial charge in [-0.15, -0.1) is 0 Å². The third-order valence-corrected chi connectivity index (χ3v) is 5.03. The van der Waals surface area contributed by atoms with Crippen molar-refractivity contribution in [2.45, 2.75) is 71.9 Å². The molecular formula is C21H33BrN2O2. The molecule has 1 fully saturated rings. The van der Waals surface area contributed by atoms with E-state index in [0.717, 1.165) is 36.9 Å². The SMILES string of the molecule is CCCCN(Cc1ccc(Br)cc1N1CCCCC1)C(=O)OC(C)(C)C. The van der Waals surface area contributed by atoms with Gasteiger partial charge in [0, 0.05) is 29.8 Å². The Balaban J connectivity index is 2.21. The van der Waals surface area contributed by atoms with Crippen molar-refractivity contribution in [3.8, 4) is 0 Å². The van der Waals surface area contributed by atoms with Crippen LogP contribution in [0.3, 0.4) is 0 Å². The number of halogens is 1. The summed E-state index contributed by atoms with van der Waals surface area (Å²) < 4.78 is 6.72. The third kappa shape index (κ3) is 6.49. The van der Waals surface area contributed by atoms with Crippen LogP contribution in [0.25, 0.3) is 0 Å². The van der Waals surface area contributed by atoms with Crippen molar-refractivity contribution >= 4 is 27.7 Å². The molecule has 1 amide bonds. The van der Waals surface area contributed by atoms with Crippen LogP contribution in [-0.4, -0.2) is 36.2 Å². The Morgan fingerprint density at radius 1 is 1.23 bits per heavy atom. The van der Waals surface area contributed by atoms with E-state index in [1.54, 1.807) is 0 Å². The standard InChI is InChI=1S/C21H33BrN2O2/c1-5-6-12-24(20(25)26-21(2,3)4)16-17-10-11-18(22)15-19(17)23-13-8-7-9-14-23/h10-11,15H,5-9,12-14,16H2,1-4H3. The summed E-state index contributed by atoms with van der Waals surface area (Å²) in [6.07, 6.45) is 5.58. The molecule has 0 bridgehead atoms. The van der Waals surface area contributed by atoms with E-state index in [0.29, 0.717) is 6.54 Å². The van der Waals surface area contributed by atoms with E-state index in [4.69, 9.17) is 4.74 Å². The maximum Gasteiger partial charge on any atom is 0.410 e. The summed E-state index contributed by atoms with van der Waals surface area (Å²) in [6, 6.07) is 6.39. The number of hydrogen-bond donors (Lipinski definition) is 0. The highest BCUT2D eigenvalue weighted by molar-refractivity contribution is 9.10. The zero-order valence-electron chi connectivity index (χ0n) is 16.7. The molecule has 1 aromatic rings. The van der Waals surface area contributed by atoms with E-state index in [9.17, 15) is 4.79 Å². The van der Waals surface area contributed by atoms with Crippen LogP contribution < -0.4 is 4.90 Å². The van der Waals surface area contributed by atoms with Crippen molar-refractivity contribution in [2.75, 3.05) is 24.5 Å². The van der Waals surface area contributed by atoms with E-state index < -0.39 is 5.60 Å². The number of unbranched alkanes of at least 4 members (excludes halogenated alkanes) is 1. The fourth-order valence-electron chi connectivity index (χ4n) is 3.22. The molecule has 5 heteroatoms. The predicted octanol–water partition coefficient (Wildman–Crippen LogP) is 5.98. The second kappa shape index (κ2) is 9.63. The number of nitrogens with zero attached hydrogens (tertiary/aromatic N) is 2. The smallest absolute Gasteiger partial charge is 0.410 e. The average Bonchev–Trinajstić information content (AvgIpc) is 2.59. The van der Waals surface area contributed by atoms with Crippen LogP contribution in [0.2, 0.25) is 0 Å². The first-order chi connectivity index (χ1) is 12.3. The minimum atomic E-state index is -0.475. The molecule has 2 rings (SSSR count). The molecule has 4 nitrogen and oxygen atoms in total. The van der Waals surface area contributed by atoms with Crippen molar-refractivity contribution in [3.63, 3.8) is 0 Å². The minimum Gasteiger partial charge on any atom is -0.444 e. The largest absolute Gasteiger partial charge is 0.444 e. The van der Waals surface area contributed by atoms with Crippen molar-refractivity contribution in [1.82, 2.24) is 4.90 Å². The zero-order chi connectivity index (χ0) is 19.2. The molecule has 0 radical (unpaired) electrons. The molecule has 0 atom stereocenters. The Kier molecular flexibility index (Phi) is 7.81. The summed E-state index contributed by atoms with van der Waals surface area (Å²) in [5.41, 5.74) is 1.96. The first-order valence-corrected chi connectivity index (χ1v) is 10.6. The number of ether oxygens (including phenoxy) is 1. The Labute approximate surface area is 167 Å². The molecule has 0 aromatic heterocycles. The second-order valence-electron chi connectivity index (χ2n) is 8.08. The molecule has 1 heterocycles. The topological polar surface area (TPSA) is 32.8 Å². The van der Waals surface area contributed by atoms with Gasteiger partial charge in [-0.25, -0.2) is 4.79 Å². The van der Waals surface area contributed by atoms with Gasteiger partial charge >= 0.3 is 6.09 Å². The second-order valence-corrected chi connectivity index (χ2v) is 8.99. The van der Waals surface area contributed by atoms with Gasteiger partial charge in [0.2, 0.25) is 0 Å². The summed E-state index contributed by atoms with van der Waals surface area (Å²) >= 11 is 3.61. The van der Waals surface area contributed by atoms with E-state index in [1.165, 1.54) is 30.5 Å². The number of benzene rings is 1. The van der Waals surface area contributed by atoms with Gasteiger partial charge in [-0.2, -0.15) is 0 Å². The molecule has 1 aliphatic rings. The molecule has 1 aromatic carbocycles. The van der Waals surface area contributed by atoms with Crippen LogP contribution in [0, 0.1) is 0 Å². The lowest BCUT2D eigenvalue weighted by molar-refractivity contribution is 0.0231. The van der Waals surface area contributed by atoms with E-state index >= 15 is 0 Å². The average molecular weight is 425 g/mol. The molecule has 146 valence electrons.